The number of benzene rings is 2. The molecular weight excluding hydrogens is 250 g/mol. The molecule has 0 aliphatic rings. The molecule has 1 unspecified atom stereocenters. The van der Waals surface area contributed by atoms with E-state index in [1.54, 1.807) is 14.2 Å². The lowest BCUT2D eigenvalue weighted by molar-refractivity contribution is 0.405. The summed E-state index contributed by atoms with van der Waals surface area (Å²) in [5.74, 6) is 1.76. The van der Waals surface area contributed by atoms with E-state index in [-0.39, 0.29) is 6.04 Å². The minimum Gasteiger partial charge on any atom is -0.497 e. The summed E-state index contributed by atoms with van der Waals surface area (Å²) >= 11 is 0. The first-order valence-corrected chi connectivity index (χ1v) is 6.65. The number of nitrogens with one attached hydrogen (secondary N) is 1. The Morgan fingerprint density at radius 3 is 2.20 bits per heavy atom. The second kappa shape index (κ2) is 6.44. The standard InChI is InChI=1S/C17H21NO2/c1-12-5-10-15(16(11-12)20-4)17(18-2)13-6-8-14(19-3)9-7-13/h5-11,17-18H,1-4H3. The number of ether oxygens (including phenoxy) is 2. The van der Waals surface area contributed by atoms with Crippen LogP contribution in [0.3, 0.4) is 0 Å². The Labute approximate surface area is 120 Å². The molecule has 3 nitrogen and oxygen atoms in total. The molecule has 0 radical (unpaired) electrons. The minimum atomic E-state index is 0.0939. The van der Waals surface area contributed by atoms with Crippen molar-refractivity contribution in [3.63, 3.8) is 0 Å². The highest BCUT2D eigenvalue weighted by atomic mass is 16.5. The first kappa shape index (κ1) is 14.4. The molecule has 0 spiro atoms. The summed E-state index contributed by atoms with van der Waals surface area (Å²) in [5.41, 5.74) is 3.50. The average Bonchev–Trinajstić information content (AvgIpc) is 2.50. The maximum Gasteiger partial charge on any atom is 0.124 e. The molecule has 0 aromatic heterocycles. The Bertz CT molecular complexity index is 564. The number of aryl methyl sites for hydroxylation is 1. The first-order valence-electron chi connectivity index (χ1n) is 6.65. The Hall–Kier alpha value is -2.00. The quantitative estimate of drug-likeness (QED) is 0.905. The summed E-state index contributed by atoms with van der Waals surface area (Å²) < 4.78 is 10.7. The van der Waals surface area contributed by atoms with Gasteiger partial charge in [0.15, 0.2) is 0 Å². The van der Waals surface area contributed by atoms with Crippen molar-refractivity contribution >= 4 is 0 Å². The lowest BCUT2D eigenvalue weighted by atomic mass is 9.97. The molecule has 0 aliphatic carbocycles. The molecule has 0 bridgehead atoms. The van der Waals surface area contributed by atoms with Crippen LogP contribution in [0.4, 0.5) is 0 Å². The molecule has 2 aromatic carbocycles. The molecular formula is C17H21NO2. The number of rotatable bonds is 5. The maximum absolute atomic E-state index is 5.51. The molecule has 1 N–H and O–H groups in total. The maximum atomic E-state index is 5.51. The topological polar surface area (TPSA) is 30.5 Å². The number of methoxy groups -OCH3 is 2. The van der Waals surface area contributed by atoms with Crippen LogP contribution in [-0.4, -0.2) is 21.3 Å². The Morgan fingerprint density at radius 2 is 1.65 bits per heavy atom. The summed E-state index contributed by atoms with van der Waals surface area (Å²) in [6, 6.07) is 14.4. The summed E-state index contributed by atoms with van der Waals surface area (Å²) in [6.45, 7) is 2.06. The van der Waals surface area contributed by atoms with Crippen molar-refractivity contribution in [1.82, 2.24) is 5.32 Å². The van der Waals surface area contributed by atoms with E-state index in [0.29, 0.717) is 0 Å². The van der Waals surface area contributed by atoms with Crippen LogP contribution in [-0.2, 0) is 0 Å². The van der Waals surface area contributed by atoms with Gasteiger partial charge in [0.1, 0.15) is 11.5 Å². The minimum absolute atomic E-state index is 0.0939. The highest BCUT2D eigenvalue weighted by molar-refractivity contribution is 5.44. The highest BCUT2D eigenvalue weighted by Gasteiger charge is 2.16. The molecule has 2 aromatic rings. The average molecular weight is 271 g/mol. The van der Waals surface area contributed by atoms with Gasteiger partial charge in [-0.1, -0.05) is 24.3 Å². The molecule has 2 rings (SSSR count). The zero-order valence-electron chi connectivity index (χ0n) is 12.4. The summed E-state index contributed by atoms with van der Waals surface area (Å²) in [6.07, 6.45) is 0. The summed E-state index contributed by atoms with van der Waals surface area (Å²) in [4.78, 5) is 0. The third kappa shape index (κ3) is 2.94. The van der Waals surface area contributed by atoms with Gasteiger partial charge in [0.25, 0.3) is 0 Å². The lowest BCUT2D eigenvalue weighted by Gasteiger charge is -2.20. The van der Waals surface area contributed by atoms with Crippen LogP contribution in [0.1, 0.15) is 22.7 Å². The fraction of sp³-hybridized carbons (Fsp3) is 0.294. The molecule has 0 saturated heterocycles. The second-order valence-corrected chi connectivity index (χ2v) is 4.74. The molecule has 0 aliphatic heterocycles. The van der Waals surface area contributed by atoms with Crippen LogP contribution >= 0.6 is 0 Å². The summed E-state index contributed by atoms with van der Waals surface area (Å²) in [5, 5.41) is 3.35. The smallest absolute Gasteiger partial charge is 0.124 e. The van der Waals surface area contributed by atoms with Crippen molar-refractivity contribution in [1.29, 1.82) is 0 Å². The fourth-order valence-corrected chi connectivity index (χ4v) is 2.35. The summed E-state index contributed by atoms with van der Waals surface area (Å²) in [7, 11) is 5.33. The van der Waals surface area contributed by atoms with E-state index in [2.05, 4.69) is 42.6 Å². The molecule has 0 saturated carbocycles. The predicted molar refractivity (Wildman–Crippen MR) is 81.6 cm³/mol. The Balaban J connectivity index is 2.40. The van der Waals surface area contributed by atoms with Crippen LogP contribution in [0.2, 0.25) is 0 Å². The van der Waals surface area contributed by atoms with Crippen molar-refractivity contribution in [2.24, 2.45) is 0 Å². The van der Waals surface area contributed by atoms with E-state index < -0.39 is 0 Å². The van der Waals surface area contributed by atoms with E-state index in [1.807, 2.05) is 19.2 Å². The van der Waals surface area contributed by atoms with Crippen molar-refractivity contribution in [2.75, 3.05) is 21.3 Å². The van der Waals surface area contributed by atoms with Crippen LogP contribution in [0.5, 0.6) is 11.5 Å². The van der Waals surface area contributed by atoms with E-state index in [1.165, 1.54) is 11.1 Å². The van der Waals surface area contributed by atoms with E-state index >= 15 is 0 Å². The first-order chi connectivity index (χ1) is 9.69. The molecule has 3 heteroatoms. The van der Waals surface area contributed by atoms with Gasteiger partial charge in [0.2, 0.25) is 0 Å². The third-order valence-electron chi connectivity index (χ3n) is 3.44. The molecule has 0 amide bonds. The number of hydrogen-bond donors (Lipinski definition) is 1. The molecule has 0 fully saturated rings. The second-order valence-electron chi connectivity index (χ2n) is 4.74. The number of hydrogen-bond acceptors (Lipinski definition) is 3. The van der Waals surface area contributed by atoms with Crippen molar-refractivity contribution in [3.8, 4) is 11.5 Å². The van der Waals surface area contributed by atoms with Crippen molar-refractivity contribution < 1.29 is 9.47 Å². The normalized spacial score (nSPS) is 12.0. The van der Waals surface area contributed by atoms with Gasteiger partial charge in [-0.3, -0.25) is 0 Å². The van der Waals surface area contributed by atoms with Gasteiger partial charge >= 0.3 is 0 Å². The SMILES string of the molecule is CNC(c1ccc(OC)cc1)c1ccc(C)cc1OC. The molecule has 0 heterocycles. The van der Waals surface area contributed by atoms with Gasteiger partial charge in [0, 0.05) is 5.56 Å². The molecule has 1 atom stereocenters. The van der Waals surface area contributed by atoms with Crippen LogP contribution in [0.25, 0.3) is 0 Å². The lowest BCUT2D eigenvalue weighted by Crippen LogP contribution is -2.18. The van der Waals surface area contributed by atoms with Crippen LogP contribution < -0.4 is 14.8 Å². The van der Waals surface area contributed by atoms with Gasteiger partial charge in [-0.25, -0.2) is 0 Å². The predicted octanol–water partition coefficient (Wildman–Crippen LogP) is 3.32. The zero-order valence-corrected chi connectivity index (χ0v) is 12.4. The van der Waals surface area contributed by atoms with Crippen LogP contribution in [0, 0.1) is 6.92 Å². The molecule has 20 heavy (non-hydrogen) atoms. The van der Waals surface area contributed by atoms with Crippen molar-refractivity contribution in [2.45, 2.75) is 13.0 Å². The monoisotopic (exact) mass is 271 g/mol. The van der Waals surface area contributed by atoms with E-state index in [0.717, 1.165) is 17.1 Å². The Kier molecular flexibility index (Phi) is 4.64. The zero-order chi connectivity index (χ0) is 14.5. The van der Waals surface area contributed by atoms with E-state index in [4.69, 9.17) is 9.47 Å². The molecule has 106 valence electrons. The van der Waals surface area contributed by atoms with E-state index in [9.17, 15) is 0 Å². The van der Waals surface area contributed by atoms with Gasteiger partial charge in [-0.05, 0) is 43.3 Å². The largest absolute Gasteiger partial charge is 0.497 e. The highest BCUT2D eigenvalue weighted by Crippen LogP contribution is 2.31. The Morgan fingerprint density at radius 1 is 0.950 bits per heavy atom. The third-order valence-corrected chi connectivity index (χ3v) is 3.44. The van der Waals surface area contributed by atoms with Gasteiger partial charge in [-0.2, -0.15) is 0 Å². The van der Waals surface area contributed by atoms with Crippen molar-refractivity contribution in [3.05, 3.63) is 59.2 Å². The van der Waals surface area contributed by atoms with Gasteiger partial charge in [-0.15, -0.1) is 0 Å². The van der Waals surface area contributed by atoms with Gasteiger partial charge < -0.3 is 14.8 Å². The van der Waals surface area contributed by atoms with Crippen LogP contribution in [0.15, 0.2) is 42.5 Å². The fourth-order valence-electron chi connectivity index (χ4n) is 2.35. The van der Waals surface area contributed by atoms with Gasteiger partial charge in [0.05, 0.1) is 20.3 Å².